The van der Waals surface area contributed by atoms with Gasteiger partial charge in [0, 0.05) is 0 Å². The van der Waals surface area contributed by atoms with Crippen LogP contribution in [0.25, 0.3) is 0 Å². The molecule has 1 aromatic carbocycles. The minimum absolute atomic E-state index is 0.413. The highest BCUT2D eigenvalue weighted by Gasteiger charge is 2.02. The lowest BCUT2D eigenvalue weighted by Gasteiger charge is -2.13. The largest absolute Gasteiger partial charge is 0.374 e. The summed E-state index contributed by atoms with van der Waals surface area (Å²) in [6.07, 6.45) is 2.61. The van der Waals surface area contributed by atoms with Crippen molar-refractivity contribution in [3.63, 3.8) is 0 Å². The Balaban J connectivity index is 2.41. The molecule has 0 spiro atoms. The Hall–Kier alpha value is -0.820. The molecule has 0 saturated heterocycles. The molecule has 0 fully saturated rings. The van der Waals surface area contributed by atoms with Gasteiger partial charge in [0.1, 0.15) is 0 Å². The molecule has 1 nitrogen and oxygen atoms in total. The molecule has 1 heteroatoms. The smallest absolute Gasteiger partial charge is 0.0720 e. The van der Waals surface area contributed by atoms with Crippen LogP contribution < -0.4 is 0 Å². The average Bonchev–Trinajstić information content (AvgIpc) is 2.22. The Morgan fingerprint density at radius 3 is 2.14 bits per heavy atom. The SMILES string of the molecule is CCC(CC)OCc1ccc(C)cc1. The molecule has 14 heavy (non-hydrogen) atoms. The number of ether oxygens (including phenoxy) is 1. The number of aryl methyl sites for hydroxylation is 1. The molecule has 0 saturated carbocycles. The van der Waals surface area contributed by atoms with E-state index in [0.29, 0.717) is 6.10 Å². The number of rotatable bonds is 5. The number of benzene rings is 1. The van der Waals surface area contributed by atoms with Gasteiger partial charge in [0.2, 0.25) is 0 Å². The topological polar surface area (TPSA) is 9.23 Å². The van der Waals surface area contributed by atoms with Crippen LogP contribution in [0.4, 0.5) is 0 Å². The third-order valence-corrected chi connectivity index (χ3v) is 2.52. The van der Waals surface area contributed by atoms with Gasteiger partial charge in [-0.05, 0) is 25.3 Å². The van der Waals surface area contributed by atoms with Crippen molar-refractivity contribution in [1.29, 1.82) is 0 Å². The van der Waals surface area contributed by atoms with Crippen LogP contribution in [0.15, 0.2) is 24.3 Å². The second-order valence-electron chi connectivity index (χ2n) is 3.74. The van der Waals surface area contributed by atoms with Crippen molar-refractivity contribution in [3.05, 3.63) is 35.4 Å². The fourth-order valence-corrected chi connectivity index (χ4v) is 1.42. The van der Waals surface area contributed by atoms with Gasteiger partial charge in [-0.15, -0.1) is 0 Å². The lowest BCUT2D eigenvalue weighted by Crippen LogP contribution is -2.09. The van der Waals surface area contributed by atoms with E-state index in [1.54, 1.807) is 0 Å². The summed E-state index contributed by atoms with van der Waals surface area (Å²) in [5, 5.41) is 0. The molecule has 0 atom stereocenters. The molecule has 1 rings (SSSR count). The van der Waals surface area contributed by atoms with Crippen molar-refractivity contribution in [2.45, 2.75) is 46.3 Å². The summed E-state index contributed by atoms with van der Waals surface area (Å²) in [5.74, 6) is 0. The maximum atomic E-state index is 5.77. The van der Waals surface area contributed by atoms with Crippen molar-refractivity contribution in [2.24, 2.45) is 0 Å². The van der Waals surface area contributed by atoms with E-state index >= 15 is 0 Å². The highest BCUT2D eigenvalue weighted by molar-refractivity contribution is 5.20. The third kappa shape index (κ3) is 3.51. The van der Waals surface area contributed by atoms with Crippen molar-refractivity contribution >= 4 is 0 Å². The van der Waals surface area contributed by atoms with Gasteiger partial charge in [0.15, 0.2) is 0 Å². The summed E-state index contributed by atoms with van der Waals surface area (Å²) >= 11 is 0. The summed E-state index contributed by atoms with van der Waals surface area (Å²) < 4.78 is 5.77. The Morgan fingerprint density at radius 2 is 1.64 bits per heavy atom. The average molecular weight is 192 g/mol. The molecule has 0 aromatic heterocycles. The molecule has 0 N–H and O–H groups in total. The predicted molar refractivity (Wildman–Crippen MR) is 60.3 cm³/mol. The van der Waals surface area contributed by atoms with E-state index in [9.17, 15) is 0 Å². The third-order valence-electron chi connectivity index (χ3n) is 2.52. The second kappa shape index (κ2) is 5.82. The normalized spacial score (nSPS) is 10.9. The van der Waals surface area contributed by atoms with Crippen LogP contribution in [-0.2, 0) is 11.3 Å². The molecule has 0 bridgehead atoms. The van der Waals surface area contributed by atoms with Gasteiger partial charge in [0.05, 0.1) is 12.7 Å². The van der Waals surface area contributed by atoms with E-state index in [0.717, 1.165) is 19.4 Å². The van der Waals surface area contributed by atoms with Gasteiger partial charge in [0.25, 0.3) is 0 Å². The predicted octanol–water partition coefficient (Wildman–Crippen LogP) is 3.70. The first kappa shape index (κ1) is 11.3. The van der Waals surface area contributed by atoms with Crippen LogP contribution in [0.3, 0.4) is 0 Å². The summed E-state index contributed by atoms with van der Waals surface area (Å²) in [5.41, 5.74) is 2.57. The van der Waals surface area contributed by atoms with Crippen LogP contribution in [0.1, 0.15) is 37.8 Å². The number of hydrogen-bond acceptors (Lipinski definition) is 1. The fraction of sp³-hybridized carbons (Fsp3) is 0.538. The van der Waals surface area contributed by atoms with Gasteiger partial charge in [-0.2, -0.15) is 0 Å². The van der Waals surface area contributed by atoms with Gasteiger partial charge < -0.3 is 4.74 Å². The molecule has 78 valence electrons. The first-order valence-corrected chi connectivity index (χ1v) is 5.43. The highest BCUT2D eigenvalue weighted by Crippen LogP contribution is 2.09. The van der Waals surface area contributed by atoms with Crippen molar-refractivity contribution in [3.8, 4) is 0 Å². The zero-order valence-electron chi connectivity index (χ0n) is 9.42. The molecule has 0 amide bonds. The van der Waals surface area contributed by atoms with Gasteiger partial charge >= 0.3 is 0 Å². The van der Waals surface area contributed by atoms with E-state index in [2.05, 4.69) is 45.0 Å². The van der Waals surface area contributed by atoms with Crippen molar-refractivity contribution in [2.75, 3.05) is 0 Å². The molecule has 0 unspecified atom stereocenters. The van der Waals surface area contributed by atoms with Gasteiger partial charge in [-0.3, -0.25) is 0 Å². The standard InChI is InChI=1S/C13H20O/c1-4-13(5-2)14-10-12-8-6-11(3)7-9-12/h6-9,13H,4-5,10H2,1-3H3. The molecule has 0 aliphatic rings. The highest BCUT2D eigenvalue weighted by atomic mass is 16.5. The van der Waals surface area contributed by atoms with Crippen molar-refractivity contribution in [1.82, 2.24) is 0 Å². The minimum atomic E-state index is 0.413. The van der Waals surface area contributed by atoms with E-state index in [1.165, 1.54) is 11.1 Å². The van der Waals surface area contributed by atoms with Crippen LogP contribution in [-0.4, -0.2) is 6.10 Å². The van der Waals surface area contributed by atoms with E-state index < -0.39 is 0 Å². The van der Waals surface area contributed by atoms with Crippen LogP contribution in [0.2, 0.25) is 0 Å². The van der Waals surface area contributed by atoms with Crippen LogP contribution in [0, 0.1) is 6.92 Å². The van der Waals surface area contributed by atoms with Gasteiger partial charge in [-0.1, -0.05) is 43.7 Å². The zero-order valence-corrected chi connectivity index (χ0v) is 9.42. The Labute approximate surface area is 87.1 Å². The maximum absolute atomic E-state index is 5.77. The molecule has 0 heterocycles. The summed E-state index contributed by atoms with van der Waals surface area (Å²) in [7, 11) is 0. The molecular formula is C13H20O. The molecule has 1 aromatic rings. The first-order valence-electron chi connectivity index (χ1n) is 5.43. The molecule has 0 aliphatic heterocycles. The quantitative estimate of drug-likeness (QED) is 0.691. The Morgan fingerprint density at radius 1 is 1.07 bits per heavy atom. The number of hydrogen-bond donors (Lipinski definition) is 0. The molecule has 0 radical (unpaired) electrons. The summed E-state index contributed by atoms with van der Waals surface area (Å²) in [6, 6.07) is 8.53. The summed E-state index contributed by atoms with van der Waals surface area (Å²) in [6.45, 7) is 7.19. The lowest BCUT2D eigenvalue weighted by molar-refractivity contribution is 0.0358. The Bertz CT molecular complexity index is 246. The van der Waals surface area contributed by atoms with Crippen molar-refractivity contribution < 1.29 is 4.74 Å². The van der Waals surface area contributed by atoms with E-state index in [-0.39, 0.29) is 0 Å². The first-order chi connectivity index (χ1) is 6.76. The summed E-state index contributed by atoms with van der Waals surface area (Å²) in [4.78, 5) is 0. The maximum Gasteiger partial charge on any atom is 0.0720 e. The monoisotopic (exact) mass is 192 g/mol. The minimum Gasteiger partial charge on any atom is -0.374 e. The Kier molecular flexibility index (Phi) is 4.68. The lowest BCUT2D eigenvalue weighted by atomic mass is 10.1. The zero-order chi connectivity index (χ0) is 10.4. The van der Waals surface area contributed by atoms with Crippen LogP contribution in [0.5, 0.6) is 0 Å². The fourth-order valence-electron chi connectivity index (χ4n) is 1.42. The molecule has 0 aliphatic carbocycles. The second-order valence-corrected chi connectivity index (χ2v) is 3.74. The molecular weight excluding hydrogens is 172 g/mol. The van der Waals surface area contributed by atoms with Crippen LogP contribution >= 0.6 is 0 Å². The van der Waals surface area contributed by atoms with E-state index in [1.807, 2.05) is 0 Å². The van der Waals surface area contributed by atoms with Gasteiger partial charge in [-0.25, -0.2) is 0 Å². The van der Waals surface area contributed by atoms with E-state index in [4.69, 9.17) is 4.74 Å².